The van der Waals surface area contributed by atoms with Crippen molar-refractivity contribution in [1.29, 1.82) is 0 Å². The molecule has 0 unspecified atom stereocenters. The molecule has 0 atom stereocenters. The molecule has 2 aromatic heterocycles. The topological polar surface area (TPSA) is 67.7 Å². The van der Waals surface area contributed by atoms with Crippen molar-refractivity contribution in [3.05, 3.63) is 59.3 Å². The highest BCUT2D eigenvalue weighted by Crippen LogP contribution is 2.21. The zero-order chi connectivity index (χ0) is 17.6. The van der Waals surface area contributed by atoms with Gasteiger partial charge >= 0.3 is 0 Å². The van der Waals surface area contributed by atoms with Crippen molar-refractivity contribution in [3.63, 3.8) is 0 Å². The molecule has 0 amide bonds. The number of halogens is 2. The first-order valence-corrected chi connectivity index (χ1v) is 8.25. The number of rotatable bonds is 7. The molecule has 0 spiro atoms. The summed E-state index contributed by atoms with van der Waals surface area (Å²) in [5.41, 5.74) is 1.49. The molecular weight excluding hydrogens is 343 g/mol. The first kappa shape index (κ1) is 17.2. The maximum Gasteiger partial charge on any atom is 0.229 e. The fraction of sp³-hybridized carbons (Fsp3) is 0.235. The summed E-state index contributed by atoms with van der Waals surface area (Å²) in [5, 5.41) is 10.7. The zero-order valence-corrected chi connectivity index (χ0v) is 14.5. The molecule has 8 heteroatoms. The Morgan fingerprint density at radius 1 is 1.24 bits per heavy atom. The van der Waals surface area contributed by atoms with E-state index < -0.39 is 0 Å². The van der Waals surface area contributed by atoms with E-state index in [0.29, 0.717) is 35.3 Å². The van der Waals surface area contributed by atoms with E-state index in [0.717, 1.165) is 12.1 Å². The van der Waals surface area contributed by atoms with Gasteiger partial charge in [-0.25, -0.2) is 9.37 Å². The fourth-order valence-electron chi connectivity index (χ4n) is 2.35. The number of aromatic nitrogens is 4. The molecule has 25 heavy (non-hydrogen) atoms. The van der Waals surface area contributed by atoms with E-state index in [2.05, 4.69) is 25.7 Å². The number of anilines is 3. The van der Waals surface area contributed by atoms with Gasteiger partial charge < -0.3 is 10.6 Å². The molecule has 6 nitrogen and oxygen atoms in total. The lowest BCUT2D eigenvalue weighted by Gasteiger charge is -2.09. The first-order chi connectivity index (χ1) is 12.1. The first-order valence-electron chi connectivity index (χ1n) is 7.87. The van der Waals surface area contributed by atoms with Gasteiger partial charge in [-0.05, 0) is 24.5 Å². The van der Waals surface area contributed by atoms with E-state index in [-0.39, 0.29) is 5.82 Å². The van der Waals surface area contributed by atoms with Gasteiger partial charge in [-0.1, -0.05) is 29.8 Å². The summed E-state index contributed by atoms with van der Waals surface area (Å²) >= 11 is 6.13. The van der Waals surface area contributed by atoms with Crippen LogP contribution in [0.15, 0.2) is 42.9 Å². The van der Waals surface area contributed by atoms with Crippen LogP contribution in [0.25, 0.3) is 0 Å². The van der Waals surface area contributed by atoms with Crippen LogP contribution in [0.1, 0.15) is 12.0 Å². The molecule has 0 fully saturated rings. The minimum Gasteiger partial charge on any atom is -0.369 e. The summed E-state index contributed by atoms with van der Waals surface area (Å²) in [6, 6.07) is 6.79. The molecule has 2 N–H and O–H groups in total. The van der Waals surface area contributed by atoms with Gasteiger partial charge in [0.15, 0.2) is 0 Å². The smallest absolute Gasteiger partial charge is 0.229 e. The van der Waals surface area contributed by atoms with Gasteiger partial charge in [-0.2, -0.15) is 10.1 Å². The van der Waals surface area contributed by atoms with Gasteiger partial charge in [-0.15, -0.1) is 0 Å². The second-order valence-corrected chi connectivity index (χ2v) is 5.95. The lowest BCUT2D eigenvalue weighted by molar-refractivity contribution is 0.606. The van der Waals surface area contributed by atoms with Crippen LogP contribution in [0.5, 0.6) is 0 Å². The summed E-state index contributed by atoms with van der Waals surface area (Å²) in [6.45, 7) is 0.622. The van der Waals surface area contributed by atoms with E-state index in [1.165, 1.54) is 12.3 Å². The fourth-order valence-corrected chi connectivity index (χ4v) is 2.51. The number of nitrogens with one attached hydrogen (secondary N) is 2. The maximum absolute atomic E-state index is 13.6. The van der Waals surface area contributed by atoms with Gasteiger partial charge in [0.2, 0.25) is 5.95 Å². The largest absolute Gasteiger partial charge is 0.369 e. The third-order valence-corrected chi connectivity index (χ3v) is 3.85. The van der Waals surface area contributed by atoms with Crippen molar-refractivity contribution in [2.75, 3.05) is 17.2 Å². The van der Waals surface area contributed by atoms with Crippen molar-refractivity contribution in [2.24, 2.45) is 7.05 Å². The van der Waals surface area contributed by atoms with Crippen LogP contribution in [0, 0.1) is 5.82 Å². The maximum atomic E-state index is 13.6. The van der Waals surface area contributed by atoms with E-state index in [1.54, 1.807) is 23.0 Å². The second kappa shape index (κ2) is 7.94. The van der Waals surface area contributed by atoms with Gasteiger partial charge in [0.05, 0.1) is 18.1 Å². The monoisotopic (exact) mass is 360 g/mol. The highest BCUT2D eigenvalue weighted by molar-refractivity contribution is 6.32. The Hall–Kier alpha value is -2.67. The Labute approximate surface area is 150 Å². The molecule has 0 aliphatic rings. The summed E-state index contributed by atoms with van der Waals surface area (Å²) in [7, 11) is 1.83. The van der Waals surface area contributed by atoms with E-state index in [4.69, 9.17) is 11.6 Å². The third kappa shape index (κ3) is 4.67. The average Bonchev–Trinajstić information content (AvgIpc) is 3.00. The quantitative estimate of drug-likeness (QED) is 0.627. The van der Waals surface area contributed by atoms with Crippen LogP contribution < -0.4 is 10.6 Å². The average molecular weight is 361 g/mol. The molecule has 3 aromatic rings. The van der Waals surface area contributed by atoms with Gasteiger partial charge in [0.1, 0.15) is 16.7 Å². The van der Waals surface area contributed by atoms with E-state index >= 15 is 0 Å². The van der Waals surface area contributed by atoms with Crippen molar-refractivity contribution in [2.45, 2.75) is 12.8 Å². The number of hydrogen-bond acceptors (Lipinski definition) is 5. The predicted molar refractivity (Wildman–Crippen MR) is 96.7 cm³/mol. The summed E-state index contributed by atoms with van der Waals surface area (Å²) < 4.78 is 15.3. The normalized spacial score (nSPS) is 10.7. The molecule has 1 aromatic carbocycles. The molecule has 0 bridgehead atoms. The number of benzene rings is 1. The SMILES string of the molecule is Cn1cc(Nc2ncc(Cl)c(NCCCc3ccccc3F)n2)cn1. The molecule has 0 aliphatic carbocycles. The Balaban J connectivity index is 1.56. The van der Waals surface area contributed by atoms with Gasteiger partial charge in [0.25, 0.3) is 0 Å². The second-order valence-electron chi connectivity index (χ2n) is 5.54. The van der Waals surface area contributed by atoms with E-state index in [9.17, 15) is 4.39 Å². The minimum absolute atomic E-state index is 0.175. The lowest BCUT2D eigenvalue weighted by Crippen LogP contribution is -2.07. The van der Waals surface area contributed by atoms with Crippen molar-refractivity contribution >= 4 is 29.1 Å². The van der Waals surface area contributed by atoms with Crippen molar-refractivity contribution < 1.29 is 4.39 Å². The van der Waals surface area contributed by atoms with Crippen LogP contribution in [-0.4, -0.2) is 26.3 Å². The Bertz CT molecular complexity index is 851. The van der Waals surface area contributed by atoms with Crippen LogP contribution in [0.4, 0.5) is 21.8 Å². The number of hydrogen-bond donors (Lipinski definition) is 2. The number of nitrogens with zero attached hydrogens (tertiary/aromatic N) is 4. The van der Waals surface area contributed by atoms with Crippen molar-refractivity contribution in [1.82, 2.24) is 19.7 Å². The summed E-state index contributed by atoms with van der Waals surface area (Å²) in [5.74, 6) is 0.788. The van der Waals surface area contributed by atoms with Crippen molar-refractivity contribution in [3.8, 4) is 0 Å². The number of aryl methyl sites for hydroxylation is 2. The predicted octanol–water partition coefficient (Wildman–Crippen LogP) is 3.79. The molecule has 2 heterocycles. The van der Waals surface area contributed by atoms with Crippen LogP contribution in [0.3, 0.4) is 0 Å². The standard InChI is InChI=1S/C17H18ClFN6/c1-25-11-13(9-22-25)23-17-21-10-14(18)16(24-17)20-8-4-6-12-5-2-3-7-15(12)19/h2-3,5,7,9-11H,4,6,8H2,1H3,(H2,20,21,23,24). The van der Waals surface area contributed by atoms with Crippen LogP contribution >= 0.6 is 11.6 Å². The highest BCUT2D eigenvalue weighted by atomic mass is 35.5. The molecule has 0 aliphatic heterocycles. The summed E-state index contributed by atoms with van der Waals surface area (Å²) in [6.07, 6.45) is 6.43. The molecule has 3 rings (SSSR count). The molecule has 0 saturated heterocycles. The van der Waals surface area contributed by atoms with Gasteiger partial charge in [0, 0.05) is 19.8 Å². The Morgan fingerprint density at radius 3 is 2.84 bits per heavy atom. The van der Waals surface area contributed by atoms with Crippen LogP contribution in [0.2, 0.25) is 5.02 Å². The molecule has 0 radical (unpaired) electrons. The molecule has 0 saturated carbocycles. The minimum atomic E-state index is -0.175. The Morgan fingerprint density at radius 2 is 2.08 bits per heavy atom. The van der Waals surface area contributed by atoms with Gasteiger partial charge in [-0.3, -0.25) is 4.68 Å². The lowest BCUT2D eigenvalue weighted by atomic mass is 10.1. The highest BCUT2D eigenvalue weighted by Gasteiger charge is 2.07. The van der Waals surface area contributed by atoms with E-state index in [1.807, 2.05) is 19.3 Å². The third-order valence-electron chi connectivity index (χ3n) is 3.58. The molecule has 130 valence electrons. The molecular formula is C17H18ClFN6. The summed E-state index contributed by atoms with van der Waals surface area (Å²) in [4.78, 5) is 8.51. The zero-order valence-electron chi connectivity index (χ0n) is 13.7. The van der Waals surface area contributed by atoms with Crippen LogP contribution in [-0.2, 0) is 13.5 Å². The Kier molecular flexibility index (Phi) is 5.45.